The first-order chi connectivity index (χ1) is 7.35. The summed E-state index contributed by atoms with van der Waals surface area (Å²) < 4.78 is 12.7. The van der Waals surface area contributed by atoms with Crippen molar-refractivity contribution in [3.05, 3.63) is 24.1 Å². The zero-order chi connectivity index (χ0) is 12.0. The van der Waals surface area contributed by atoms with Crippen LogP contribution in [-0.4, -0.2) is 23.5 Å². The largest absolute Gasteiger partial charge is 0.289 e. The average Bonchev–Trinajstić information content (AvgIpc) is 2.52. The van der Waals surface area contributed by atoms with Crippen LogP contribution >= 0.6 is 0 Å². The van der Waals surface area contributed by atoms with Crippen molar-refractivity contribution in [2.24, 2.45) is 5.41 Å². The highest BCUT2D eigenvalue weighted by Gasteiger charge is 2.49. The maximum Gasteiger partial charge on any atom is 0.0872 e. The summed E-state index contributed by atoms with van der Waals surface area (Å²) in [6, 6.07) is 0. The second-order valence-electron chi connectivity index (χ2n) is 6.69. The smallest absolute Gasteiger partial charge is 0.0872 e. The van der Waals surface area contributed by atoms with Crippen LogP contribution in [0.15, 0.2) is 24.1 Å². The second kappa shape index (κ2) is 3.69. The fourth-order valence-electron chi connectivity index (χ4n) is 3.49. The highest BCUT2D eigenvalue weighted by molar-refractivity contribution is 5.27. The molecule has 1 atom stereocenters. The van der Waals surface area contributed by atoms with Gasteiger partial charge in [0, 0.05) is 18.6 Å². The van der Waals surface area contributed by atoms with Crippen molar-refractivity contribution in [3.63, 3.8) is 0 Å². The Morgan fingerprint density at radius 2 is 2.06 bits per heavy atom. The zero-order valence-corrected chi connectivity index (χ0v) is 10.6. The summed E-state index contributed by atoms with van der Waals surface area (Å²) in [6.07, 6.45) is 3.86. The van der Waals surface area contributed by atoms with Gasteiger partial charge in [0.25, 0.3) is 0 Å². The van der Waals surface area contributed by atoms with Gasteiger partial charge < -0.3 is 0 Å². The van der Waals surface area contributed by atoms with Gasteiger partial charge in [-0.1, -0.05) is 32.9 Å². The molecule has 2 heteroatoms. The third-order valence-corrected chi connectivity index (χ3v) is 3.63. The third kappa shape index (κ3) is 2.08. The van der Waals surface area contributed by atoms with E-state index in [1.54, 1.807) is 0 Å². The number of hydrogen-bond donors (Lipinski definition) is 0. The van der Waals surface area contributed by atoms with Crippen LogP contribution in [-0.2, 0) is 0 Å². The Morgan fingerprint density at radius 1 is 1.38 bits per heavy atom. The number of hydrogen-bond acceptors (Lipinski definition) is 1. The highest BCUT2D eigenvalue weighted by Crippen LogP contribution is 2.48. The molecule has 0 amide bonds. The molecule has 0 aliphatic carbocycles. The van der Waals surface area contributed by atoms with Crippen molar-refractivity contribution in [2.45, 2.75) is 45.6 Å². The minimum Gasteiger partial charge on any atom is -0.289 e. The van der Waals surface area contributed by atoms with E-state index in [0.29, 0.717) is 0 Å². The molecule has 2 heterocycles. The monoisotopic (exact) mass is 223 g/mol. The van der Waals surface area contributed by atoms with E-state index in [0.717, 1.165) is 44.3 Å². The molecular weight excluding hydrogens is 201 g/mol. The lowest BCUT2D eigenvalue weighted by Gasteiger charge is -2.37. The molecule has 1 nitrogen and oxygen atoms in total. The first-order valence-electron chi connectivity index (χ1n) is 6.04. The molecule has 0 aromatic carbocycles. The fraction of sp³-hybridized carbons (Fsp3) is 0.714. The Kier molecular flexibility index (Phi) is 2.73. The Balaban J connectivity index is 2.24. The predicted octanol–water partition coefficient (Wildman–Crippen LogP) is 3.68. The summed E-state index contributed by atoms with van der Waals surface area (Å²) in [5, 5.41) is 0. The molecule has 1 unspecified atom stereocenters. The molecule has 0 aromatic heterocycles. The van der Waals surface area contributed by atoms with Gasteiger partial charge in [-0.25, -0.2) is 4.39 Å². The van der Waals surface area contributed by atoms with Gasteiger partial charge >= 0.3 is 0 Å². The Morgan fingerprint density at radius 3 is 2.62 bits per heavy atom. The van der Waals surface area contributed by atoms with Crippen molar-refractivity contribution < 1.29 is 4.39 Å². The van der Waals surface area contributed by atoms with E-state index in [1.165, 1.54) is 5.57 Å². The van der Waals surface area contributed by atoms with Crippen LogP contribution in [0.5, 0.6) is 0 Å². The molecule has 2 aliphatic rings. The Labute approximate surface area is 98.0 Å². The molecule has 2 aliphatic heterocycles. The third-order valence-electron chi connectivity index (χ3n) is 3.63. The Hall–Kier alpha value is -0.630. The van der Waals surface area contributed by atoms with E-state index in [9.17, 15) is 4.39 Å². The van der Waals surface area contributed by atoms with Gasteiger partial charge in [-0.3, -0.25) is 4.90 Å². The summed E-state index contributed by atoms with van der Waals surface area (Å²) in [5.41, 5.74) is 2.71. The van der Waals surface area contributed by atoms with E-state index in [2.05, 4.69) is 32.3 Å². The van der Waals surface area contributed by atoms with Crippen molar-refractivity contribution in [2.75, 3.05) is 13.1 Å². The highest BCUT2D eigenvalue weighted by atomic mass is 19.1. The molecule has 90 valence electrons. The van der Waals surface area contributed by atoms with Crippen LogP contribution < -0.4 is 0 Å². The summed E-state index contributed by atoms with van der Waals surface area (Å²) >= 11 is 0. The summed E-state index contributed by atoms with van der Waals surface area (Å²) in [5.74, 6) is 0. The first-order valence-corrected chi connectivity index (χ1v) is 6.04. The van der Waals surface area contributed by atoms with Crippen LogP contribution in [0.2, 0.25) is 0 Å². The minimum absolute atomic E-state index is 0.160. The lowest BCUT2D eigenvalue weighted by molar-refractivity contribution is 0.130. The van der Waals surface area contributed by atoms with E-state index in [4.69, 9.17) is 0 Å². The van der Waals surface area contributed by atoms with Gasteiger partial charge in [0.2, 0.25) is 0 Å². The molecule has 0 aromatic rings. The molecular formula is C14H22FN. The van der Waals surface area contributed by atoms with Gasteiger partial charge in [0.05, 0.1) is 6.33 Å². The van der Waals surface area contributed by atoms with Gasteiger partial charge in [0.1, 0.15) is 0 Å². The maximum atomic E-state index is 12.7. The molecule has 0 radical (unpaired) electrons. The van der Waals surface area contributed by atoms with Crippen LogP contribution in [0.1, 0.15) is 40.0 Å². The van der Waals surface area contributed by atoms with E-state index < -0.39 is 0 Å². The molecule has 2 fully saturated rings. The fourth-order valence-corrected chi connectivity index (χ4v) is 3.49. The summed E-state index contributed by atoms with van der Waals surface area (Å²) in [6.45, 7) is 12.6. The number of nitrogens with zero attached hydrogens (tertiary/aromatic N) is 1. The molecule has 2 rings (SSSR count). The van der Waals surface area contributed by atoms with Gasteiger partial charge in [-0.15, -0.1) is 0 Å². The van der Waals surface area contributed by atoms with Crippen molar-refractivity contribution in [1.29, 1.82) is 0 Å². The standard InChI is InChI=1S/C14H22FN/c1-11-5-14(10-13(2,3)4)6-12(7-15)9-16(14)8-11/h7H,1,5-6,8-10H2,2-4H3/b12-7-. The summed E-state index contributed by atoms with van der Waals surface area (Å²) in [4.78, 5) is 2.42. The lowest BCUT2D eigenvalue weighted by Crippen LogP contribution is -2.41. The molecule has 0 N–H and O–H groups in total. The average molecular weight is 223 g/mol. The van der Waals surface area contributed by atoms with Crippen molar-refractivity contribution in [3.8, 4) is 0 Å². The molecule has 2 saturated heterocycles. The SMILES string of the molecule is C=C1CN2C/C(=C\F)CC2(CC(C)(C)C)C1. The summed E-state index contributed by atoms with van der Waals surface area (Å²) in [7, 11) is 0. The van der Waals surface area contributed by atoms with E-state index in [1.807, 2.05) is 0 Å². The Bertz CT molecular complexity index is 337. The number of rotatable bonds is 1. The quantitative estimate of drug-likeness (QED) is 0.613. The van der Waals surface area contributed by atoms with E-state index >= 15 is 0 Å². The van der Waals surface area contributed by atoms with Crippen LogP contribution in [0.3, 0.4) is 0 Å². The van der Waals surface area contributed by atoms with Gasteiger partial charge in [0.15, 0.2) is 0 Å². The topological polar surface area (TPSA) is 3.24 Å². The number of fused-ring (bicyclic) bond motifs is 1. The first kappa shape index (κ1) is 11.8. The normalized spacial score (nSPS) is 33.8. The molecule has 0 bridgehead atoms. The van der Waals surface area contributed by atoms with Gasteiger partial charge in [-0.05, 0) is 30.3 Å². The van der Waals surface area contributed by atoms with Crippen molar-refractivity contribution >= 4 is 0 Å². The number of halogens is 1. The van der Waals surface area contributed by atoms with Gasteiger partial charge in [-0.2, -0.15) is 0 Å². The molecule has 0 spiro atoms. The predicted molar refractivity (Wildman–Crippen MR) is 65.9 cm³/mol. The van der Waals surface area contributed by atoms with Crippen LogP contribution in [0, 0.1) is 5.41 Å². The second-order valence-corrected chi connectivity index (χ2v) is 6.69. The zero-order valence-electron chi connectivity index (χ0n) is 10.6. The van der Waals surface area contributed by atoms with Crippen LogP contribution in [0.4, 0.5) is 4.39 Å². The van der Waals surface area contributed by atoms with Crippen LogP contribution in [0.25, 0.3) is 0 Å². The maximum absolute atomic E-state index is 12.7. The minimum atomic E-state index is 0.160. The van der Waals surface area contributed by atoms with Crippen molar-refractivity contribution in [1.82, 2.24) is 4.90 Å². The lowest BCUT2D eigenvalue weighted by atomic mass is 9.76. The molecule has 16 heavy (non-hydrogen) atoms. The molecule has 0 saturated carbocycles. The van der Waals surface area contributed by atoms with E-state index in [-0.39, 0.29) is 11.0 Å².